The van der Waals surface area contributed by atoms with Crippen LogP contribution in [-0.4, -0.2) is 29.3 Å². The van der Waals surface area contributed by atoms with Crippen LogP contribution < -0.4 is 76.9 Å². The van der Waals surface area contributed by atoms with Gasteiger partial charge in [0.1, 0.15) is 11.5 Å². The van der Waals surface area contributed by atoms with Crippen LogP contribution in [0.15, 0.2) is 47.6 Å². The maximum atomic E-state index is 8.90. The Bertz CT molecular complexity index is 1450. The van der Waals surface area contributed by atoms with Gasteiger partial charge in [0.25, 0.3) is 0 Å². The minimum Gasteiger partial charge on any atom is -0.480 e. The number of rotatable bonds is 10. The predicted molar refractivity (Wildman–Crippen MR) is 179 cm³/mol. The van der Waals surface area contributed by atoms with Crippen molar-refractivity contribution >= 4 is 35.4 Å². The van der Waals surface area contributed by atoms with Gasteiger partial charge in [-0.3, -0.25) is 4.99 Å². The molecule has 2 heterocycles. The number of nitrogens with one attached hydrogen (secondary N) is 2. The molecule has 0 amide bonds. The molecule has 7 nitrogen and oxygen atoms in total. The maximum absolute atomic E-state index is 8.90. The molecule has 226 valence electrons. The van der Waals surface area contributed by atoms with Gasteiger partial charge in [0.15, 0.2) is 0 Å². The van der Waals surface area contributed by atoms with E-state index in [0.717, 1.165) is 84.4 Å². The molecule has 2 N–H and O–H groups in total. The van der Waals surface area contributed by atoms with Crippen molar-refractivity contribution in [1.29, 1.82) is 0 Å². The van der Waals surface area contributed by atoms with Crippen LogP contribution in [0.4, 0.5) is 17.3 Å². The Labute approximate surface area is 301 Å². The molecule has 1 aliphatic rings. The average Bonchev–Trinajstić information content (AvgIpc) is 3.02. The minimum absolute atomic E-state index is 0. The number of benzene rings is 2. The summed E-state index contributed by atoms with van der Waals surface area (Å²) in [6.07, 6.45) is 12.6. The number of hydrogen-bond donors (Lipinski definition) is 1. The van der Waals surface area contributed by atoms with Gasteiger partial charge in [0.05, 0.1) is 11.0 Å². The van der Waals surface area contributed by atoms with Gasteiger partial charge < -0.3 is 20.7 Å². The van der Waals surface area contributed by atoms with E-state index in [9.17, 15) is 0 Å². The third-order valence-electron chi connectivity index (χ3n) is 7.30. The Balaban J connectivity index is 0.00000211. The van der Waals surface area contributed by atoms with Crippen LogP contribution in [-0.2, 0) is 0 Å². The molecule has 4 rings (SSSR count). The summed E-state index contributed by atoms with van der Waals surface area (Å²) >= 11 is 0. The van der Waals surface area contributed by atoms with Crippen LogP contribution in [0.3, 0.4) is 0 Å². The standard InChI is InChI=1S/C33H43N6O.C2H6.K/c1-6-8-12-26-22-36-33(39-17-10-9-11-18-39)38-31(26)32(34)37-27-14-16-30(25(5)19-27)40-28-15-13-24(4)29(20-28)35-21-23(3)7-2;1-2;/h12-16,19-23,34,37H,6-11,17-18H2,1-5H3;1-2H3;/q-1;;+1/b26-12+,32-31-,35-21?;;. The molecular weight excluding hydrogens is 560 g/mol. The number of anilines is 2. The molecule has 1 aromatic heterocycles. The Morgan fingerprint density at radius 3 is 2.49 bits per heavy atom. The van der Waals surface area contributed by atoms with E-state index in [1.54, 1.807) is 0 Å². The molecule has 43 heavy (non-hydrogen) atoms. The van der Waals surface area contributed by atoms with E-state index < -0.39 is 0 Å². The molecule has 0 spiro atoms. The van der Waals surface area contributed by atoms with Crippen LogP contribution in [0.2, 0.25) is 0 Å². The minimum atomic E-state index is 0. The SMILES string of the molecule is CC.CCC/C=c1\cnc(N2CCCCC2)n\c1=C(\[NH-])Nc1ccc(Oc2ccc(C)c(N=CC(C)CC)c2)c(C)c1.[K+]. The van der Waals surface area contributed by atoms with Gasteiger partial charge >= 0.3 is 51.4 Å². The van der Waals surface area contributed by atoms with Crippen molar-refractivity contribution in [3.8, 4) is 11.5 Å². The van der Waals surface area contributed by atoms with Gasteiger partial charge in [-0.1, -0.05) is 65.3 Å². The first-order valence-electron chi connectivity index (χ1n) is 15.6. The van der Waals surface area contributed by atoms with Crippen LogP contribution in [0.5, 0.6) is 11.5 Å². The predicted octanol–water partition coefficient (Wildman–Crippen LogP) is 5.47. The summed E-state index contributed by atoms with van der Waals surface area (Å²) < 4.78 is 6.24. The first kappa shape index (κ1) is 37.0. The quantitative estimate of drug-likeness (QED) is 0.244. The van der Waals surface area contributed by atoms with Crippen molar-refractivity contribution in [1.82, 2.24) is 9.97 Å². The largest absolute Gasteiger partial charge is 1.00 e. The first-order chi connectivity index (χ1) is 20.4. The number of aryl methyl sites for hydroxylation is 2. The van der Waals surface area contributed by atoms with Crippen LogP contribution in [0, 0.1) is 19.8 Å². The Morgan fingerprint density at radius 2 is 1.81 bits per heavy atom. The second-order valence-electron chi connectivity index (χ2n) is 10.7. The first-order valence-corrected chi connectivity index (χ1v) is 15.6. The molecule has 0 radical (unpaired) electrons. The van der Waals surface area contributed by atoms with E-state index in [1.807, 2.05) is 69.6 Å². The van der Waals surface area contributed by atoms with E-state index in [-0.39, 0.29) is 57.2 Å². The molecule has 1 fully saturated rings. The summed E-state index contributed by atoms with van der Waals surface area (Å²) in [5, 5.41) is 4.79. The number of aliphatic imine (C=N–C) groups is 1. The topological polar surface area (TPSA) is 86.4 Å². The molecule has 1 atom stereocenters. The normalized spacial score (nSPS) is 14.9. The fourth-order valence-corrected chi connectivity index (χ4v) is 4.55. The second kappa shape index (κ2) is 19.2. The smallest absolute Gasteiger partial charge is 0.480 e. The molecule has 8 heteroatoms. The fraction of sp³-hybridized carbons (Fsp3) is 0.457. The van der Waals surface area contributed by atoms with E-state index in [1.165, 1.54) is 6.42 Å². The molecule has 1 aliphatic heterocycles. The van der Waals surface area contributed by atoms with Gasteiger partial charge in [-0.25, -0.2) is 9.97 Å². The molecular formula is C35H49KN6O. The van der Waals surface area contributed by atoms with Crippen molar-refractivity contribution in [3.63, 3.8) is 0 Å². The third kappa shape index (κ3) is 11.0. The summed E-state index contributed by atoms with van der Waals surface area (Å²) in [7, 11) is 0. The molecule has 0 saturated carbocycles. The number of aromatic nitrogens is 2. The summed E-state index contributed by atoms with van der Waals surface area (Å²) in [6, 6.07) is 11.9. The van der Waals surface area contributed by atoms with Crippen LogP contribution >= 0.6 is 0 Å². The number of ether oxygens (including phenoxy) is 1. The van der Waals surface area contributed by atoms with Gasteiger partial charge in [-0.2, -0.15) is 0 Å². The van der Waals surface area contributed by atoms with Gasteiger partial charge in [0.2, 0.25) is 5.95 Å². The summed E-state index contributed by atoms with van der Waals surface area (Å²) in [4.78, 5) is 16.4. The van der Waals surface area contributed by atoms with Gasteiger partial charge in [-0.15, -0.1) is 0 Å². The van der Waals surface area contributed by atoms with Gasteiger partial charge in [-0.05, 0) is 86.6 Å². The molecule has 2 aromatic carbocycles. The summed E-state index contributed by atoms with van der Waals surface area (Å²) in [5.41, 5.74) is 12.7. The Morgan fingerprint density at radius 1 is 1.07 bits per heavy atom. The van der Waals surface area contributed by atoms with Crippen molar-refractivity contribution in [2.45, 2.75) is 87.0 Å². The summed E-state index contributed by atoms with van der Waals surface area (Å²) in [5.74, 6) is 2.92. The monoisotopic (exact) mass is 608 g/mol. The molecule has 0 bridgehead atoms. The van der Waals surface area contributed by atoms with Crippen molar-refractivity contribution in [2.75, 3.05) is 23.3 Å². The van der Waals surface area contributed by atoms with Crippen molar-refractivity contribution in [2.24, 2.45) is 10.9 Å². The van der Waals surface area contributed by atoms with E-state index in [0.29, 0.717) is 17.2 Å². The Kier molecular flexibility index (Phi) is 16.5. The van der Waals surface area contributed by atoms with Crippen molar-refractivity contribution in [3.05, 3.63) is 70.0 Å². The second-order valence-corrected chi connectivity index (χ2v) is 10.7. The van der Waals surface area contributed by atoms with Crippen molar-refractivity contribution < 1.29 is 56.1 Å². The fourth-order valence-electron chi connectivity index (χ4n) is 4.55. The summed E-state index contributed by atoms with van der Waals surface area (Å²) in [6.45, 7) is 16.5. The average molecular weight is 609 g/mol. The zero-order valence-corrected chi connectivity index (χ0v) is 30.8. The van der Waals surface area contributed by atoms with E-state index in [4.69, 9.17) is 15.5 Å². The number of unbranched alkanes of at least 4 members (excludes halogenated alkanes) is 1. The number of piperidine rings is 1. The van der Waals surface area contributed by atoms with Gasteiger partial charge in [0, 0.05) is 36.8 Å². The van der Waals surface area contributed by atoms with E-state index >= 15 is 0 Å². The molecule has 3 aromatic rings. The molecule has 1 unspecified atom stereocenters. The molecule has 1 saturated heterocycles. The number of hydrogen-bond acceptors (Lipinski definition) is 6. The van der Waals surface area contributed by atoms with Crippen LogP contribution in [0.1, 0.15) is 84.3 Å². The van der Waals surface area contributed by atoms with E-state index in [2.05, 4.69) is 54.0 Å². The maximum Gasteiger partial charge on any atom is 1.00 e. The zero-order valence-electron chi connectivity index (χ0n) is 27.6. The number of nitrogens with zero attached hydrogens (tertiary/aromatic N) is 4. The third-order valence-corrected chi connectivity index (χ3v) is 7.30. The zero-order chi connectivity index (χ0) is 30.5. The van der Waals surface area contributed by atoms with Crippen LogP contribution in [0.25, 0.3) is 17.6 Å². The molecule has 0 aliphatic carbocycles. The Hall–Kier alpha value is -2.23.